The first-order valence-electron chi connectivity index (χ1n) is 7.69. The summed E-state index contributed by atoms with van der Waals surface area (Å²) in [5, 5.41) is 3.05. The monoisotopic (exact) mass is 274 g/mol. The SMILES string of the molecule is CCCC(=O)NCC1CCN(c2ccc(C)c(C)c2)C1. The van der Waals surface area contributed by atoms with E-state index in [4.69, 9.17) is 0 Å². The first kappa shape index (κ1) is 14.9. The van der Waals surface area contributed by atoms with E-state index in [1.54, 1.807) is 0 Å². The fourth-order valence-electron chi connectivity index (χ4n) is 2.73. The minimum Gasteiger partial charge on any atom is -0.371 e. The third kappa shape index (κ3) is 3.75. The largest absolute Gasteiger partial charge is 0.371 e. The molecular weight excluding hydrogens is 248 g/mol. The van der Waals surface area contributed by atoms with Crippen molar-refractivity contribution in [3.8, 4) is 0 Å². The van der Waals surface area contributed by atoms with Gasteiger partial charge in [-0.2, -0.15) is 0 Å². The molecule has 110 valence electrons. The summed E-state index contributed by atoms with van der Waals surface area (Å²) in [6.07, 6.45) is 2.73. The zero-order valence-corrected chi connectivity index (χ0v) is 12.9. The van der Waals surface area contributed by atoms with E-state index in [2.05, 4.69) is 42.3 Å². The topological polar surface area (TPSA) is 32.3 Å². The molecule has 1 aliphatic heterocycles. The Morgan fingerprint density at radius 3 is 2.85 bits per heavy atom. The molecule has 1 fully saturated rings. The van der Waals surface area contributed by atoms with E-state index < -0.39 is 0 Å². The minimum atomic E-state index is 0.192. The molecular formula is C17H26N2O. The van der Waals surface area contributed by atoms with Crippen molar-refractivity contribution in [2.24, 2.45) is 5.92 Å². The van der Waals surface area contributed by atoms with Gasteiger partial charge in [-0.15, -0.1) is 0 Å². The van der Waals surface area contributed by atoms with E-state index in [0.717, 1.165) is 26.1 Å². The van der Waals surface area contributed by atoms with Gasteiger partial charge >= 0.3 is 0 Å². The van der Waals surface area contributed by atoms with Crippen LogP contribution >= 0.6 is 0 Å². The number of anilines is 1. The fourth-order valence-corrected chi connectivity index (χ4v) is 2.73. The molecule has 1 aromatic carbocycles. The van der Waals surface area contributed by atoms with E-state index in [1.165, 1.54) is 23.2 Å². The molecule has 20 heavy (non-hydrogen) atoms. The van der Waals surface area contributed by atoms with Crippen LogP contribution in [0.1, 0.15) is 37.3 Å². The van der Waals surface area contributed by atoms with Gasteiger partial charge in [0.1, 0.15) is 0 Å². The first-order chi connectivity index (χ1) is 9.60. The molecule has 1 saturated heterocycles. The molecule has 0 saturated carbocycles. The summed E-state index contributed by atoms with van der Waals surface area (Å²) in [6.45, 7) is 9.31. The second-order valence-electron chi connectivity index (χ2n) is 5.92. The van der Waals surface area contributed by atoms with Crippen LogP contribution in [-0.2, 0) is 4.79 Å². The highest BCUT2D eigenvalue weighted by molar-refractivity contribution is 5.75. The molecule has 0 radical (unpaired) electrons. The summed E-state index contributed by atoms with van der Waals surface area (Å²) in [7, 11) is 0. The number of carbonyl (C=O) groups excluding carboxylic acids is 1. The number of carbonyl (C=O) groups is 1. The van der Waals surface area contributed by atoms with Gasteiger partial charge in [0.15, 0.2) is 0 Å². The maximum atomic E-state index is 11.5. The van der Waals surface area contributed by atoms with Crippen molar-refractivity contribution in [3.05, 3.63) is 29.3 Å². The highest BCUT2D eigenvalue weighted by Crippen LogP contribution is 2.25. The molecule has 1 unspecified atom stereocenters. The Balaban J connectivity index is 1.85. The Morgan fingerprint density at radius 1 is 1.35 bits per heavy atom. The van der Waals surface area contributed by atoms with Crippen LogP contribution in [0.5, 0.6) is 0 Å². The van der Waals surface area contributed by atoms with Crippen molar-refractivity contribution in [3.63, 3.8) is 0 Å². The summed E-state index contributed by atoms with van der Waals surface area (Å²) < 4.78 is 0. The lowest BCUT2D eigenvalue weighted by atomic mass is 10.1. The lowest BCUT2D eigenvalue weighted by Crippen LogP contribution is -2.30. The quantitative estimate of drug-likeness (QED) is 0.895. The van der Waals surface area contributed by atoms with Crippen LogP contribution in [0.15, 0.2) is 18.2 Å². The molecule has 0 aliphatic carbocycles. The van der Waals surface area contributed by atoms with E-state index in [0.29, 0.717) is 12.3 Å². The molecule has 1 aliphatic rings. The zero-order chi connectivity index (χ0) is 14.5. The van der Waals surface area contributed by atoms with Crippen molar-refractivity contribution in [1.29, 1.82) is 0 Å². The molecule has 0 bridgehead atoms. The van der Waals surface area contributed by atoms with Gasteiger partial charge in [0.05, 0.1) is 0 Å². The predicted molar refractivity (Wildman–Crippen MR) is 84.2 cm³/mol. The van der Waals surface area contributed by atoms with Crippen molar-refractivity contribution in [2.45, 2.75) is 40.0 Å². The number of rotatable bonds is 5. The van der Waals surface area contributed by atoms with Gasteiger partial charge in [0.2, 0.25) is 5.91 Å². The third-order valence-corrected chi connectivity index (χ3v) is 4.21. The van der Waals surface area contributed by atoms with Crippen LogP contribution in [0.4, 0.5) is 5.69 Å². The normalized spacial score (nSPS) is 18.4. The smallest absolute Gasteiger partial charge is 0.219 e. The van der Waals surface area contributed by atoms with Gasteiger partial charge in [0.25, 0.3) is 0 Å². The van der Waals surface area contributed by atoms with Crippen LogP contribution in [0.3, 0.4) is 0 Å². The van der Waals surface area contributed by atoms with Crippen LogP contribution in [-0.4, -0.2) is 25.5 Å². The van der Waals surface area contributed by atoms with Crippen molar-refractivity contribution in [1.82, 2.24) is 5.32 Å². The van der Waals surface area contributed by atoms with Gasteiger partial charge in [-0.1, -0.05) is 13.0 Å². The maximum Gasteiger partial charge on any atom is 0.219 e. The average Bonchev–Trinajstić information content (AvgIpc) is 2.89. The van der Waals surface area contributed by atoms with Gasteiger partial charge in [-0.25, -0.2) is 0 Å². The lowest BCUT2D eigenvalue weighted by Gasteiger charge is -2.20. The summed E-state index contributed by atoms with van der Waals surface area (Å²) in [6, 6.07) is 6.68. The Labute approximate surface area is 122 Å². The summed E-state index contributed by atoms with van der Waals surface area (Å²) in [5.41, 5.74) is 4.01. The number of nitrogens with zero attached hydrogens (tertiary/aromatic N) is 1. The minimum absolute atomic E-state index is 0.192. The lowest BCUT2D eigenvalue weighted by molar-refractivity contribution is -0.121. The number of amides is 1. The van der Waals surface area contributed by atoms with Crippen LogP contribution in [0.25, 0.3) is 0 Å². The molecule has 1 aromatic rings. The molecule has 1 atom stereocenters. The maximum absolute atomic E-state index is 11.5. The van der Waals surface area contributed by atoms with E-state index >= 15 is 0 Å². The summed E-state index contributed by atoms with van der Waals surface area (Å²) in [5.74, 6) is 0.773. The van der Waals surface area contributed by atoms with Gasteiger partial charge in [0, 0.05) is 31.7 Å². The van der Waals surface area contributed by atoms with Crippen LogP contribution in [0.2, 0.25) is 0 Å². The molecule has 0 spiro atoms. The molecule has 1 N–H and O–H groups in total. The third-order valence-electron chi connectivity index (χ3n) is 4.21. The van der Waals surface area contributed by atoms with Crippen molar-refractivity contribution < 1.29 is 4.79 Å². The molecule has 3 nitrogen and oxygen atoms in total. The summed E-state index contributed by atoms with van der Waals surface area (Å²) in [4.78, 5) is 13.9. The van der Waals surface area contributed by atoms with Crippen molar-refractivity contribution in [2.75, 3.05) is 24.5 Å². The Kier molecular flexibility index (Phi) is 5.05. The Morgan fingerprint density at radius 2 is 2.15 bits per heavy atom. The fraction of sp³-hybridized carbons (Fsp3) is 0.588. The molecule has 2 rings (SSSR count). The predicted octanol–water partition coefficient (Wildman–Crippen LogP) is 3.05. The summed E-state index contributed by atoms with van der Waals surface area (Å²) >= 11 is 0. The highest BCUT2D eigenvalue weighted by atomic mass is 16.1. The van der Waals surface area contributed by atoms with Crippen molar-refractivity contribution >= 4 is 11.6 Å². The van der Waals surface area contributed by atoms with Gasteiger partial charge in [-0.3, -0.25) is 4.79 Å². The average molecular weight is 274 g/mol. The Hall–Kier alpha value is -1.51. The number of nitrogens with one attached hydrogen (secondary N) is 1. The second kappa shape index (κ2) is 6.78. The van der Waals surface area contributed by atoms with Gasteiger partial charge < -0.3 is 10.2 Å². The molecule has 1 heterocycles. The van der Waals surface area contributed by atoms with Crippen LogP contribution < -0.4 is 10.2 Å². The second-order valence-corrected chi connectivity index (χ2v) is 5.92. The standard InChI is InChI=1S/C17H26N2O/c1-4-5-17(20)18-11-15-8-9-19(12-15)16-7-6-13(2)14(3)10-16/h6-7,10,15H,4-5,8-9,11-12H2,1-3H3,(H,18,20). The highest BCUT2D eigenvalue weighted by Gasteiger charge is 2.23. The van der Waals surface area contributed by atoms with Gasteiger partial charge in [-0.05, 0) is 55.9 Å². The number of hydrogen-bond donors (Lipinski definition) is 1. The number of hydrogen-bond acceptors (Lipinski definition) is 2. The molecule has 0 aromatic heterocycles. The van der Waals surface area contributed by atoms with E-state index in [-0.39, 0.29) is 5.91 Å². The zero-order valence-electron chi connectivity index (χ0n) is 12.9. The molecule has 1 amide bonds. The number of aryl methyl sites for hydroxylation is 2. The van der Waals surface area contributed by atoms with E-state index in [9.17, 15) is 4.79 Å². The Bertz CT molecular complexity index is 470. The number of benzene rings is 1. The van der Waals surface area contributed by atoms with E-state index in [1.807, 2.05) is 6.92 Å². The first-order valence-corrected chi connectivity index (χ1v) is 7.69. The molecule has 3 heteroatoms. The van der Waals surface area contributed by atoms with Crippen LogP contribution in [0, 0.1) is 19.8 Å².